The predicted molar refractivity (Wildman–Crippen MR) is 53.2 cm³/mol. The van der Waals surface area contributed by atoms with Crippen LogP contribution in [0.3, 0.4) is 0 Å². The first-order chi connectivity index (χ1) is 6.24. The first-order valence-electron chi connectivity index (χ1n) is 4.23. The van der Waals surface area contributed by atoms with Gasteiger partial charge in [0.05, 0.1) is 18.2 Å². The van der Waals surface area contributed by atoms with E-state index in [0.717, 1.165) is 17.8 Å². The first kappa shape index (κ1) is 9.64. The van der Waals surface area contributed by atoms with Gasteiger partial charge >= 0.3 is 0 Å². The highest BCUT2D eigenvalue weighted by Gasteiger charge is 1.98. The average Bonchev–Trinajstić information content (AvgIpc) is 2.15. The molecule has 13 heavy (non-hydrogen) atoms. The Hall–Kier alpha value is -1.45. The number of aryl methyl sites for hydroxylation is 1. The van der Waals surface area contributed by atoms with E-state index in [2.05, 4.69) is 21.9 Å². The number of aromatic nitrogens is 2. The minimum atomic E-state index is 0.846. The maximum atomic E-state index is 4.25. The highest BCUT2D eigenvalue weighted by atomic mass is 15.1. The summed E-state index contributed by atoms with van der Waals surface area (Å²) >= 11 is 0. The van der Waals surface area contributed by atoms with Gasteiger partial charge in [0.1, 0.15) is 12.0 Å². The van der Waals surface area contributed by atoms with Crippen molar-refractivity contribution in [3.05, 3.63) is 18.2 Å². The van der Waals surface area contributed by atoms with Crippen molar-refractivity contribution in [2.45, 2.75) is 13.3 Å². The summed E-state index contributed by atoms with van der Waals surface area (Å²) in [7, 11) is 3.86. The molecule has 0 aliphatic rings. The molecule has 0 atom stereocenters. The molecule has 1 aromatic rings. The van der Waals surface area contributed by atoms with Gasteiger partial charge in [-0.05, 0) is 6.42 Å². The molecule has 4 nitrogen and oxygen atoms in total. The summed E-state index contributed by atoms with van der Waals surface area (Å²) in [6.07, 6.45) is 5.90. The van der Waals surface area contributed by atoms with Gasteiger partial charge in [-0.3, -0.25) is 0 Å². The predicted octanol–water partition coefficient (Wildman–Crippen LogP) is 1.26. The maximum absolute atomic E-state index is 4.25. The molecule has 0 spiro atoms. The van der Waals surface area contributed by atoms with Crippen LogP contribution in [0.25, 0.3) is 0 Å². The van der Waals surface area contributed by atoms with Crippen LogP contribution in [0.15, 0.2) is 17.5 Å². The van der Waals surface area contributed by atoms with E-state index in [1.807, 2.05) is 19.0 Å². The number of hydrogen-bond acceptors (Lipinski definition) is 3. The second-order valence-electron chi connectivity index (χ2n) is 2.92. The van der Waals surface area contributed by atoms with Crippen molar-refractivity contribution in [3.63, 3.8) is 0 Å². The Labute approximate surface area is 78.4 Å². The van der Waals surface area contributed by atoms with Gasteiger partial charge in [0, 0.05) is 14.1 Å². The van der Waals surface area contributed by atoms with Crippen LogP contribution in [0.5, 0.6) is 0 Å². The summed E-state index contributed by atoms with van der Waals surface area (Å²) in [6.45, 7) is 2.05. The molecule has 1 aromatic heterocycles. The zero-order valence-corrected chi connectivity index (χ0v) is 8.23. The van der Waals surface area contributed by atoms with Crippen molar-refractivity contribution in [3.8, 4) is 0 Å². The average molecular weight is 178 g/mol. The summed E-state index contributed by atoms with van der Waals surface area (Å²) in [5.41, 5.74) is 1.83. The molecule has 4 heteroatoms. The van der Waals surface area contributed by atoms with Gasteiger partial charge in [-0.2, -0.15) is 0 Å². The van der Waals surface area contributed by atoms with Crippen LogP contribution in [-0.4, -0.2) is 35.3 Å². The summed E-state index contributed by atoms with van der Waals surface area (Å²) in [4.78, 5) is 14.2. The van der Waals surface area contributed by atoms with E-state index in [9.17, 15) is 0 Å². The van der Waals surface area contributed by atoms with E-state index in [-0.39, 0.29) is 0 Å². The third-order valence-electron chi connectivity index (χ3n) is 1.54. The molecule has 0 aliphatic heterocycles. The van der Waals surface area contributed by atoms with Crippen molar-refractivity contribution < 1.29 is 0 Å². The van der Waals surface area contributed by atoms with Crippen LogP contribution in [0, 0.1) is 0 Å². The van der Waals surface area contributed by atoms with Crippen LogP contribution < -0.4 is 0 Å². The zero-order valence-electron chi connectivity index (χ0n) is 8.23. The van der Waals surface area contributed by atoms with Gasteiger partial charge in [0.15, 0.2) is 0 Å². The fraction of sp³-hybridized carbons (Fsp3) is 0.444. The molecule has 0 aliphatic carbocycles. The van der Waals surface area contributed by atoms with Crippen LogP contribution >= 0.6 is 0 Å². The van der Waals surface area contributed by atoms with E-state index in [1.165, 1.54) is 0 Å². The number of rotatable bonds is 3. The SMILES string of the molecule is CCc1ncncc1N=CN(C)C. The smallest absolute Gasteiger partial charge is 0.115 e. The third-order valence-corrected chi connectivity index (χ3v) is 1.54. The lowest BCUT2D eigenvalue weighted by Gasteiger charge is -2.03. The molecule has 0 aromatic carbocycles. The van der Waals surface area contributed by atoms with Gasteiger partial charge in [-0.1, -0.05) is 6.92 Å². The van der Waals surface area contributed by atoms with Crippen molar-refractivity contribution in [1.82, 2.24) is 14.9 Å². The molecule has 0 saturated heterocycles. The van der Waals surface area contributed by atoms with Gasteiger partial charge < -0.3 is 4.90 Å². The van der Waals surface area contributed by atoms with Crippen LogP contribution in [0.4, 0.5) is 5.69 Å². The third kappa shape index (κ3) is 2.82. The normalized spacial score (nSPS) is 10.7. The van der Waals surface area contributed by atoms with E-state index < -0.39 is 0 Å². The molecule has 70 valence electrons. The van der Waals surface area contributed by atoms with Crippen molar-refractivity contribution >= 4 is 12.0 Å². The molecule has 0 fully saturated rings. The standard InChI is InChI=1S/C9H14N4/c1-4-8-9(5-10-6-11-8)12-7-13(2)3/h5-7H,4H2,1-3H3. The Kier molecular flexibility index (Phi) is 3.37. The molecule has 1 heterocycles. The lowest BCUT2D eigenvalue weighted by Crippen LogP contribution is -2.07. The topological polar surface area (TPSA) is 41.4 Å². The molecule has 1 rings (SSSR count). The molecule has 0 N–H and O–H groups in total. The molecule has 0 unspecified atom stereocenters. The Morgan fingerprint density at radius 3 is 2.92 bits per heavy atom. The van der Waals surface area contributed by atoms with Crippen LogP contribution in [0.1, 0.15) is 12.6 Å². The number of hydrogen-bond donors (Lipinski definition) is 0. The lowest BCUT2D eigenvalue weighted by atomic mass is 10.3. The summed E-state index contributed by atoms with van der Waals surface area (Å²) in [5, 5.41) is 0. The fourth-order valence-corrected chi connectivity index (χ4v) is 0.906. The summed E-state index contributed by atoms with van der Waals surface area (Å²) < 4.78 is 0. The second-order valence-corrected chi connectivity index (χ2v) is 2.92. The Morgan fingerprint density at radius 2 is 2.31 bits per heavy atom. The Balaban J connectivity index is 2.87. The molecule has 0 saturated carbocycles. The first-order valence-corrected chi connectivity index (χ1v) is 4.23. The Morgan fingerprint density at radius 1 is 1.54 bits per heavy atom. The molecule has 0 amide bonds. The summed E-state index contributed by atoms with van der Waals surface area (Å²) in [5.74, 6) is 0. The van der Waals surface area contributed by atoms with E-state index in [4.69, 9.17) is 0 Å². The van der Waals surface area contributed by atoms with Gasteiger partial charge in [-0.25, -0.2) is 15.0 Å². The largest absolute Gasteiger partial charge is 0.369 e. The van der Waals surface area contributed by atoms with Crippen LogP contribution in [0.2, 0.25) is 0 Å². The lowest BCUT2D eigenvalue weighted by molar-refractivity contribution is 0.643. The molecule has 0 radical (unpaired) electrons. The van der Waals surface area contributed by atoms with Crippen molar-refractivity contribution in [2.24, 2.45) is 4.99 Å². The van der Waals surface area contributed by atoms with Gasteiger partial charge in [-0.15, -0.1) is 0 Å². The van der Waals surface area contributed by atoms with E-state index in [1.54, 1.807) is 18.9 Å². The number of nitrogens with zero attached hydrogens (tertiary/aromatic N) is 4. The fourth-order valence-electron chi connectivity index (χ4n) is 0.906. The number of aliphatic imine (C=N–C) groups is 1. The Bertz CT molecular complexity index is 293. The molecule has 0 bridgehead atoms. The molecular weight excluding hydrogens is 164 g/mol. The quantitative estimate of drug-likeness (QED) is 0.517. The minimum absolute atomic E-state index is 0.846. The van der Waals surface area contributed by atoms with Crippen molar-refractivity contribution in [2.75, 3.05) is 14.1 Å². The highest BCUT2D eigenvalue weighted by Crippen LogP contribution is 2.13. The van der Waals surface area contributed by atoms with Gasteiger partial charge in [0.25, 0.3) is 0 Å². The molecular formula is C9H14N4. The minimum Gasteiger partial charge on any atom is -0.369 e. The second kappa shape index (κ2) is 4.54. The van der Waals surface area contributed by atoms with E-state index >= 15 is 0 Å². The maximum Gasteiger partial charge on any atom is 0.115 e. The van der Waals surface area contributed by atoms with E-state index in [0.29, 0.717) is 0 Å². The highest BCUT2D eigenvalue weighted by molar-refractivity contribution is 5.61. The van der Waals surface area contributed by atoms with Crippen LogP contribution in [-0.2, 0) is 6.42 Å². The summed E-state index contributed by atoms with van der Waals surface area (Å²) in [6, 6.07) is 0. The van der Waals surface area contributed by atoms with Gasteiger partial charge in [0.2, 0.25) is 0 Å². The van der Waals surface area contributed by atoms with Crippen molar-refractivity contribution in [1.29, 1.82) is 0 Å². The zero-order chi connectivity index (χ0) is 9.68. The monoisotopic (exact) mass is 178 g/mol.